The molecule has 19 heteroatoms. The maximum absolute atomic E-state index is 12.3. The molecule has 2 rings (SSSR count). The van der Waals surface area contributed by atoms with E-state index in [1.165, 1.54) is 6.92 Å². The predicted molar refractivity (Wildman–Crippen MR) is 150 cm³/mol. The Morgan fingerprint density at radius 1 is 0.438 bits per heavy atom. The highest BCUT2D eigenvalue weighted by Gasteiger charge is 2.57. The Balaban J connectivity index is 2.69. The number of carbonyl (C=O) groups excluding carboxylic acids is 8. The summed E-state index contributed by atoms with van der Waals surface area (Å²) in [5.74, 6) is -6.45. The second-order valence-corrected chi connectivity index (χ2v) is 10.7. The summed E-state index contributed by atoms with van der Waals surface area (Å²) in [6.45, 7) is 6.90. The molecule has 0 spiro atoms. The van der Waals surface area contributed by atoms with E-state index >= 15 is 0 Å². The van der Waals surface area contributed by atoms with Crippen molar-refractivity contribution in [1.29, 1.82) is 0 Å². The van der Waals surface area contributed by atoms with Crippen molar-refractivity contribution in [2.45, 2.75) is 117 Å². The molecule has 48 heavy (non-hydrogen) atoms. The van der Waals surface area contributed by atoms with Crippen LogP contribution in [0, 0.1) is 0 Å². The highest BCUT2D eigenvalue weighted by molar-refractivity contribution is 5.76. The Morgan fingerprint density at radius 3 is 1.12 bits per heavy atom. The first-order valence-corrected chi connectivity index (χ1v) is 14.6. The van der Waals surface area contributed by atoms with Crippen LogP contribution in [0.25, 0.3) is 0 Å². The van der Waals surface area contributed by atoms with E-state index in [4.69, 9.17) is 52.1 Å². The van der Waals surface area contributed by atoms with Crippen molar-refractivity contribution >= 4 is 47.6 Å². The van der Waals surface area contributed by atoms with E-state index in [2.05, 4.69) is 0 Å². The van der Waals surface area contributed by atoms with Gasteiger partial charge >= 0.3 is 41.8 Å². The van der Waals surface area contributed by atoms with Crippen LogP contribution in [0.5, 0.6) is 0 Å². The lowest BCUT2D eigenvalue weighted by atomic mass is 9.96. The lowest BCUT2D eigenvalue weighted by Gasteiger charge is -2.48. The molecule has 2 aliphatic heterocycles. The minimum absolute atomic E-state index is 0.442. The quantitative estimate of drug-likeness (QED) is 0.160. The van der Waals surface area contributed by atoms with E-state index in [0.29, 0.717) is 0 Å². The maximum Gasteiger partial charge on any atom is 0.303 e. The van der Waals surface area contributed by atoms with Gasteiger partial charge in [-0.2, -0.15) is 0 Å². The minimum Gasteiger partial charge on any atom is -0.463 e. The van der Waals surface area contributed by atoms with Crippen LogP contribution in [0.15, 0.2) is 0 Å². The summed E-state index contributed by atoms with van der Waals surface area (Å²) in [4.78, 5) is 96.2. The second-order valence-electron chi connectivity index (χ2n) is 10.7. The zero-order valence-electron chi connectivity index (χ0n) is 27.7. The third-order valence-electron chi connectivity index (χ3n) is 6.34. The Bertz CT molecular complexity index is 1210. The zero-order chi connectivity index (χ0) is 36.3. The van der Waals surface area contributed by atoms with Gasteiger partial charge in [0.15, 0.2) is 36.3 Å². The Kier molecular flexibility index (Phi) is 15.3. The number of esters is 7. The summed E-state index contributed by atoms with van der Waals surface area (Å²) in [5, 5.41) is 0. The lowest BCUT2D eigenvalue weighted by Crippen LogP contribution is -2.66. The van der Waals surface area contributed by atoms with Crippen molar-refractivity contribution in [2.24, 2.45) is 0 Å². The van der Waals surface area contributed by atoms with Crippen LogP contribution >= 0.6 is 0 Å². The van der Waals surface area contributed by atoms with Crippen LogP contribution in [0.4, 0.5) is 0 Å². The predicted octanol–water partition coefficient (Wildman–Crippen LogP) is -0.788. The molecule has 2 aliphatic rings. The van der Waals surface area contributed by atoms with Crippen LogP contribution in [-0.2, 0) is 90.5 Å². The Morgan fingerprint density at radius 2 is 0.771 bits per heavy atom. The average Bonchev–Trinajstić information content (AvgIpc) is 2.93. The molecule has 0 bridgehead atoms. The largest absolute Gasteiger partial charge is 0.463 e. The maximum atomic E-state index is 12.3. The number of Topliss-reactive ketones (excluding diaryl/α,β-unsaturated/α-hetero) is 1. The summed E-state index contributed by atoms with van der Waals surface area (Å²) in [7, 11) is 0. The van der Waals surface area contributed by atoms with E-state index in [1.807, 2.05) is 0 Å². The molecule has 0 amide bonds. The van der Waals surface area contributed by atoms with Crippen molar-refractivity contribution in [3.63, 3.8) is 0 Å². The summed E-state index contributed by atoms with van der Waals surface area (Å²) in [6, 6.07) is 0. The molecule has 2 fully saturated rings. The van der Waals surface area contributed by atoms with E-state index in [9.17, 15) is 38.4 Å². The number of hydrogen-bond donors (Lipinski definition) is 0. The fourth-order valence-corrected chi connectivity index (χ4v) is 4.81. The van der Waals surface area contributed by atoms with E-state index in [0.717, 1.165) is 48.5 Å². The molecule has 270 valence electrons. The molecule has 2 heterocycles. The van der Waals surface area contributed by atoms with Gasteiger partial charge in [-0.05, 0) is 6.92 Å². The van der Waals surface area contributed by atoms with E-state index in [1.54, 1.807) is 0 Å². The minimum atomic E-state index is -1.82. The van der Waals surface area contributed by atoms with Crippen molar-refractivity contribution in [2.75, 3.05) is 19.8 Å². The van der Waals surface area contributed by atoms with Crippen LogP contribution in [0.2, 0.25) is 0 Å². The van der Waals surface area contributed by atoms with Crippen molar-refractivity contribution < 1.29 is 90.5 Å². The van der Waals surface area contributed by atoms with Crippen LogP contribution in [0.1, 0.15) is 55.4 Å². The van der Waals surface area contributed by atoms with Crippen molar-refractivity contribution in [1.82, 2.24) is 0 Å². The smallest absolute Gasteiger partial charge is 0.303 e. The van der Waals surface area contributed by atoms with Gasteiger partial charge in [0.25, 0.3) is 0 Å². The van der Waals surface area contributed by atoms with Gasteiger partial charge in [-0.3, -0.25) is 38.4 Å². The zero-order valence-corrected chi connectivity index (χ0v) is 27.7. The molecule has 0 saturated carbocycles. The molecule has 0 radical (unpaired) electrons. The first-order chi connectivity index (χ1) is 22.4. The monoisotopic (exact) mass is 692 g/mol. The number of carbonyl (C=O) groups is 8. The number of rotatable bonds is 14. The topological polar surface area (TPSA) is 238 Å². The average molecular weight is 693 g/mol. The molecule has 0 unspecified atom stereocenters. The van der Waals surface area contributed by atoms with Gasteiger partial charge in [-0.15, -0.1) is 0 Å². The first kappa shape index (κ1) is 40.0. The third kappa shape index (κ3) is 12.4. The Hall–Kier alpha value is -4.20. The van der Waals surface area contributed by atoms with E-state index < -0.39 is 129 Å². The summed E-state index contributed by atoms with van der Waals surface area (Å²) in [5.41, 5.74) is 0. The fraction of sp³-hybridized carbons (Fsp3) is 0.724. The van der Waals surface area contributed by atoms with E-state index in [-0.39, 0.29) is 0 Å². The molecule has 10 atom stereocenters. The summed E-state index contributed by atoms with van der Waals surface area (Å²) >= 11 is 0. The molecule has 2 saturated heterocycles. The fourth-order valence-electron chi connectivity index (χ4n) is 4.81. The molecule has 0 aromatic rings. The van der Waals surface area contributed by atoms with Gasteiger partial charge in [0.2, 0.25) is 12.6 Å². The van der Waals surface area contributed by atoms with Crippen LogP contribution < -0.4 is 0 Å². The second kappa shape index (κ2) is 18.4. The van der Waals surface area contributed by atoms with Gasteiger partial charge in [0.05, 0.1) is 0 Å². The standard InChI is InChI=1S/C29H40O19/c1-12(30)9-40-22-20(10-38-13(2)31)46-28(26(44-18(7)36)24(22)42-16(5)34)48-29-27(45-19(8)37)25(43-17(6)35)23(41-15(4)33)21(47-29)11-39-14(3)32/h20-29H,9-11H2,1-8H3/t20-,21-,22-,23-,24+,25+,26-,27-,28+,29-/m1/s1. The number of ether oxygens (including phenoxy) is 11. The molecule has 0 aromatic carbocycles. The number of ketones is 1. The van der Waals surface area contributed by atoms with Gasteiger partial charge in [0.1, 0.15) is 38.1 Å². The number of hydrogen-bond acceptors (Lipinski definition) is 19. The first-order valence-electron chi connectivity index (χ1n) is 14.6. The summed E-state index contributed by atoms with van der Waals surface area (Å²) in [6.07, 6.45) is -15.9. The van der Waals surface area contributed by atoms with Gasteiger partial charge in [0, 0.05) is 48.5 Å². The molecule has 0 aliphatic carbocycles. The molecule has 0 N–H and O–H groups in total. The van der Waals surface area contributed by atoms with Gasteiger partial charge in [-0.25, -0.2) is 0 Å². The van der Waals surface area contributed by atoms with Crippen LogP contribution in [0.3, 0.4) is 0 Å². The SMILES string of the molecule is CC(=O)CO[C@H]1[C@H](OC(C)=O)[C@@H](OC(C)=O)[C@H](O[C@H]2O[C@H](COC(C)=O)[C@@H](OC(C)=O)[C@H](OC(C)=O)[C@H]2OC(C)=O)O[C@@H]1COC(C)=O. The Labute approximate surface area is 274 Å². The molecule has 19 nitrogen and oxygen atoms in total. The highest BCUT2D eigenvalue weighted by Crippen LogP contribution is 2.35. The third-order valence-corrected chi connectivity index (χ3v) is 6.34. The van der Waals surface area contributed by atoms with Gasteiger partial charge in [-0.1, -0.05) is 0 Å². The van der Waals surface area contributed by atoms with Crippen molar-refractivity contribution in [3.05, 3.63) is 0 Å². The normalized spacial score (nSPS) is 29.8. The summed E-state index contributed by atoms with van der Waals surface area (Å²) < 4.78 is 60.9. The van der Waals surface area contributed by atoms with Gasteiger partial charge < -0.3 is 52.1 Å². The molecular formula is C29H40O19. The van der Waals surface area contributed by atoms with Crippen molar-refractivity contribution in [3.8, 4) is 0 Å². The van der Waals surface area contributed by atoms with Crippen LogP contribution in [-0.4, -0.2) is 129 Å². The molecule has 0 aromatic heterocycles. The lowest BCUT2D eigenvalue weighted by molar-refractivity contribution is -0.378. The molecular weight excluding hydrogens is 652 g/mol. The highest BCUT2D eigenvalue weighted by atomic mass is 16.8.